The summed E-state index contributed by atoms with van der Waals surface area (Å²) in [5, 5.41) is 2.97. The quantitative estimate of drug-likeness (QED) is 0.720. The van der Waals surface area contributed by atoms with Gasteiger partial charge >= 0.3 is 0 Å². The number of amides is 2. The monoisotopic (exact) mass is 312 g/mol. The van der Waals surface area contributed by atoms with Crippen LogP contribution in [-0.2, 0) is 9.59 Å². The summed E-state index contributed by atoms with van der Waals surface area (Å²) in [5.41, 5.74) is 5.35. The van der Waals surface area contributed by atoms with Crippen molar-refractivity contribution in [3.8, 4) is 0 Å². The molecule has 0 bridgehead atoms. The van der Waals surface area contributed by atoms with Crippen molar-refractivity contribution in [2.24, 2.45) is 5.73 Å². The fourth-order valence-electron chi connectivity index (χ4n) is 2.72. The number of carbonyl (C=O) groups is 2. The summed E-state index contributed by atoms with van der Waals surface area (Å²) in [4.78, 5) is 28.2. The van der Waals surface area contributed by atoms with Gasteiger partial charge < -0.3 is 16.0 Å². The first kappa shape index (κ1) is 18.9. The van der Waals surface area contributed by atoms with E-state index in [1.807, 2.05) is 25.7 Å². The molecule has 3 N–H and O–H groups in total. The lowest BCUT2D eigenvalue weighted by Gasteiger charge is -2.38. The van der Waals surface area contributed by atoms with Crippen molar-refractivity contribution in [1.29, 1.82) is 0 Å². The van der Waals surface area contributed by atoms with E-state index in [0.29, 0.717) is 26.1 Å². The fraction of sp³-hybridized carbons (Fsp3) is 0.875. The fourth-order valence-corrected chi connectivity index (χ4v) is 2.72. The Morgan fingerprint density at radius 2 is 1.82 bits per heavy atom. The Hall–Kier alpha value is -1.14. The smallest absolute Gasteiger partial charge is 0.242 e. The van der Waals surface area contributed by atoms with Gasteiger partial charge in [-0.1, -0.05) is 20.3 Å². The second-order valence-electron chi connectivity index (χ2n) is 6.61. The maximum Gasteiger partial charge on any atom is 0.242 e. The number of carbonyl (C=O) groups excluding carboxylic acids is 2. The second kappa shape index (κ2) is 8.48. The normalized spacial score (nSPS) is 20.3. The number of nitrogens with one attached hydrogen (secondary N) is 1. The van der Waals surface area contributed by atoms with E-state index in [-0.39, 0.29) is 17.9 Å². The van der Waals surface area contributed by atoms with Gasteiger partial charge in [0.1, 0.15) is 0 Å². The third-order valence-electron chi connectivity index (χ3n) is 4.30. The van der Waals surface area contributed by atoms with E-state index in [0.717, 1.165) is 25.9 Å². The first-order valence-corrected chi connectivity index (χ1v) is 8.40. The van der Waals surface area contributed by atoms with Crippen molar-refractivity contribution in [2.75, 3.05) is 32.7 Å². The molecule has 0 aromatic rings. The SMILES string of the molecule is CCCC(C)(N)C(=O)N1CCN(CC(=O)NC(C)CC)CC1. The molecule has 6 nitrogen and oxygen atoms in total. The molecule has 0 radical (unpaired) electrons. The van der Waals surface area contributed by atoms with Gasteiger partial charge in [0.15, 0.2) is 0 Å². The van der Waals surface area contributed by atoms with Gasteiger partial charge in [0, 0.05) is 32.2 Å². The van der Waals surface area contributed by atoms with Gasteiger partial charge in [0.2, 0.25) is 11.8 Å². The van der Waals surface area contributed by atoms with Crippen LogP contribution in [0.15, 0.2) is 0 Å². The van der Waals surface area contributed by atoms with Crippen molar-refractivity contribution in [3.63, 3.8) is 0 Å². The number of rotatable bonds is 7. The molecule has 0 aromatic heterocycles. The summed E-state index contributed by atoms with van der Waals surface area (Å²) in [6.07, 6.45) is 2.53. The number of nitrogens with two attached hydrogens (primary N) is 1. The average molecular weight is 312 g/mol. The van der Waals surface area contributed by atoms with Crippen molar-refractivity contribution >= 4 is 11.8 Å². The number of nitrogens with zero attached hydrogens (tertiary/aromatic N) is 2. The molecule has 1 heterocycles. The molecule has 6 heteroatoms. The van der Waals surface area contributed by atoms with Gasteiger partial charge in [-0.2, -0.15) is 0 Å². The Balaban J connectivity index is 2.40. The molecule has 1 fully saturated rings. The predicted octanol–water partition coefficient (Wildman–Crippen LogP) is 0.563. The van der Waals surface area contributed by atoms with Crippen LogP contribution in [0.4, 0.5) is 0 Å². The van der Waals surface area contributed by atoms with Gasteiger partial charge in [-0.3, -0.25) is 14.5 Å². The Bertz CT molecular complexity index is 376. The lowest BCUT2D eigenvalue weighted by atomic mass is 9.95. The molecule has 1 rings (SSSR count). The molecule has 0 aromatic carbocycles. The minimum Gasteiger partial charge on any atom is -0.353 e. The first-order chi connectivity index (χ1) is 10.3. The van der Waals surface area contributed by atoms with E-state index in [9.17, 15) is 9.59 Å². The van der Waals surface area contributed by atoms with Gasteiger partial charge in [-0.05, 0) is 26.7 Å². The van der Waals surface area contributed by atoms with E-state index in [4.69, 9.17) is 5.73 Å². The Kier molecular flexibility index (Phi) is 7.29. The summed E-state index contributed by atoms with van der Waals surface area (Å²) in [6.45, 7) is 11.0. The molecule has 1 aliphatic rings. The van der Waals surface area contributed by atoms with Crippen LogP contribution in [0.25, 0.3) is 0 Å². The van der Waals surface area contributed by atoms with Crippen LogP contribution in [0.1, 0.15) is 47.0 Å². The van der Waals surface area contributed by atoms with E-state index >= 15 is 0 Å². The lowest BCUT2D eigenvalue weighted by Crippen LogP contribution is -2.59. The molecular formula is C16H32N4O2. The zero-order chi connectivity index (χ0) is 16.8. The minimum absolute atomic E-state index is 0.0260. The predicted molar refractivity (Wildman–Crippen MR) is 88.4 cm³/mol. The number of hydrogen-bond acceptors (Lipinski definition) is 4. The van der Waals surface area contributed by atoms with Crippen molar-refractivity contribution in [2.45, 2.75) is 58.5 Å². The largest absolute Gasteiger partial charge is 0.353 e. The van der Waals surface area contributed by atoms with Crippen LogP contribution in [-0.4, -0.2) is 65.9 Å². The molecule has 2 atom stereocenters. The van der Waals surface area contributed by atoms with Gasteiger partial charge in [-0.15, -0.1) is 0 Å². The van der Waals surface area contributed by atoms with Gasteiger partial charge in [-0.25, -0.2) is 0 Å². The highest BCUT2D eigenvalue weighted by Crippen LogP contribution is 2.14. The number of piperazine rings is 1. The Labute approximate surface area is 134 Å². The van der Waals surface area contributed by atoms with E-state index in [1.165, 1.54) is 0 Å². The molecular weight excluding hydrogens is 280 g/mol. The third kappa shape index (κ3) is 5.57. The van der Waals surface area contributed by atoms with Crippen molar-refractivity contribution in [3.05, 3.63) is 0 Å². The standard InChI is InChI=1S/C16H32N4O2/c1-5-7-16(4,17)15(22)20-10-8-19(9-11-20)12-14(21)18-13(3)6-2/h13H,5-12,17H2,1-4H3,(H,18,21). The van der Waals surface area contributed by atoms with Crippen LogP contribution >= 0.6 is 0 Å². The summed E-state index contributed by atoms with van der Waals surface area (Å²) in [6, 6.07) is 0.211. The first-order valence-electron chi connectivity index (χ1n) is 8.40. The maximum absolute atomic E-state index is 12.4. The average Bonchev–Trinajstić information content (AvgIpc) is 2.47. The van der Waals surface area contributed by atoms with Gasteiger partial charge in [0.25, 0.3) is 0 Å². The Morgan fingerprint density at radius 3 is 2.32 bits per heavy atom. The molecule has 1 aliphatic heterocycles. The van der Waals surface area contributed by atoms with Crippen LogP contribution in [0.2, 0.25) is 0 Å². The zero-order valence-corrected chi connectivity index (χ0v) is 14.5. The highest BCUT2D eigenvalue weighted by molar-refractivity contribution is 5.85. The summed E-state index contributed by atoms with van der Waals surface area (Å²) in [5.74, 6) is 0.0850. The zero-order valence-electron chi connectivity index (χ0n) is 14.5. The lowest BCUT2D eigenvalue weighted by molar-refractivity contribution is -0.138. The Morgan fingerprint density at radius 1 is 1.23 bits per heavy atom. The van der Waals surface area contributed by atoms with E-state index in [1.54, 1.807) is 0 Å². The third-order valence-corrected chi connectivity index (χ3v) is 4.30. The summed E-state index contributed by atoms with van der Waals surface area (Å²) >= 11 is 0. The maximum atomic E-state index is 12.4. The van der Waals surface area contributed by atoms with Crippen molar-refractivity contribution in [1.82, 2.24) is 15.1 Å². The van der Waals surface area contributed by atoms with Crippen LogP contribution < -0.4 is 11.1 Å². The number of hydrogen-bond donors (Lipinski definition) is 2. The molecule has 1 saturated heterocycles. The molecule has 2 amide bonds. The molecule has 0 saturated carbocycles. The molecule has 128 valence electrons. The van der Waals surface area contributed by atoms with Crippen molar-refractivity contribution < 1.29 is 9.59 Å². The second-order valence-corrected chi connectivity index (χ2v) is 6.61. The van der Waals surface area contributed by atoms with E-state index < -0.39 is 5.54 Å². The molecule has 0 spiro atoms. The summed E-state index contributed by atoms with van der Waals surface area (Å²) < 4.78 is 0. The molecule has 22 heavy (non-hydrogen) atoms. The highest BCUT2D eigenvalue weighted by Gasteiger charge is 2.33. The van der Waals surface area contributed by atoms with E-state index in [2.05, 4.69) is 17.1 Å². The topological polar surface area (TPSA) is 78.7 Å². The summed E-state index contributed by atoms with van der Waals surface area (Å²) in [7, 11) is 0. The minimum atomic E-state index is -0.773. The van der Waals surface area contributed by atoms with Gasteiger partial charge in [0.05, 0.1) is 12.1 Å². The van der Waals surface area contributed by atoms with Crippen LogP contribution in [0.3, 0.4) is 0 Å². The van der Waals surface area contributed by atoms with Crippen LogP contribution in [0, 0.1) is 0 Å². The molecule has 2 unspecified atom stereocenters. The van der Waals surface area contributed by atoms with Crippen LogP contribution in [0.5, 0.6) is 0 Å². The highest BCUT2D eigenvalue weighted by atomic mass is 16.2. The molecule has 0 aliphatic carbocycles.